The Morgan fingerprint density at radius 2 is 2.04 bits per heavy atom. The lowest BCUT2D eigenvalue weighted by Gasteiger charge is -2.15. The molecule has 7 nitrogen and oxygen atoms in total. The fraction of sp³-hybridized carbons (Fsp3) is 0.524. The lowest BCUT2D eigenvalue weighted by Crippen LogP contribution is -2.38. The molecular weight excluding hydrogens is 352 g/mol. The number of aromatic nitrogens is 2. The highest BCUT2D eigenvalue weighted by molar-refractivity contribution is 5.79. The second-order valence-electron chi connectivity index (χ2n) is 6.70. The van der Waals surface area contributed by atoms with Crippen molar-refractivity contribution in [1.82, 2.24) is 25.3 Å². The first-order valence-corrected chi connectivity index (χ1v) is 10.0. The van der Waals surface area contributed by atoms with Crippen LogP contribution < -0.4 is 10.6 Å². The average Bonchev–Trinajstić information content (AvgIpc) is 3.25. The van der Waals surface area contributed by atoms with Crippen LogP contribution in [0.15, 0.2) is 47.7 Å². The third-order valence-electron chi connectivity index (χ3n) is 4.40. The van der Waals surface area contributed by atoms with E-state index in [2.05, 4.69) is 63.9 Å². The van der Waals surface area contributed by atoms with Crippen molar-refractivity contribution in [2.24, 2.45) is 4.99 Å². The van der Waals surface area contributed by atoms with Crippen LogP contribution in [0, 0.1) is 0 Å². The molecule has 154 valence electrons. The van der Waals surface area contributed by atoms with Gasteiger partial charge in [0.05, 0.1) is 12.3 Å². The zero-order valence-corrected chi connectivity index (χ0v) is 17.4. The van der Waals surface area contributed by atoms with E-state index in [9.17, 15) is 0 Å². The van der Waals surface area contributed by atoms with Crippen molar-refractivity contribution in [2.75, 3.05) is 53.5 Å². The standard InChI is InChI=1S/C21H34N6O/c1-4-22-21(23-12-5-15-26(2)17-18-28-3)24-14-11-19-7-9-20(10-8-19)27-16-6-13-25-27/h6-10,13,16H,4-5,11-12,14-15,17-18H2,1-3H3,(H2,22,23,24). The first kappa shape index (κ1) is 21.9. The molecule has 28 heavy (non-hydrogen) atoms. The zero-order valence-electron chi connectivity index (χ0n) is 17.4. The second kappa shape index (κ2) is 12.9. The van der Waals surface area contributed by atoms with Gasteiger partial charge in [0.1, 0.15) is 0 Å². The number of nitrogens with one attached hydrogen (secondary N) is 2. The van der Waals surface area contributed by atoms with E-state index >= 15 is 0 Å². The van der Waals surface area contributed by atoms with Crippen molar-refractivity contribution >= 4 is 5.96 Å². The van der Waals surface area contributed by atoms with Crippen molar-refractivity contribution in [3.05, 3.63) is 48.3 Å². The van der Waals surface area contributed by atoms with Crippen LogP contribution in [-0.4, -0.2) is 74.1 Å². The molecule has 0 saturated carbocycles. The summed E-state index contributed by atoms with van der Waals surface area (Å²) in [6, 6.07) is 10.4. The molecule has 0 aliphatic carbocycles. The monoisotopic (exact) mass is 386 g/mol. The Morgan fingerprint density at radius 1 is 1.21 bits per heavy atom. The summed E-state index contributed by atoms with van der Waals surface area (Å²) in [5.41, 5.74) is 2.37. The molecule has 0 aliphatic rings. The Kier molecular flexibility index (Phi) is 10.1. The molecule has 0 unspecified atom stereocenters. The molecule has 0 radical (unpaired) electrons. The van der Waals surface area contributed by atoms with Crippen LogP contribution in [-0.2, 0) is 11.2 Å². The molecule has 1 heterocycles. The number of guanidine groups is 1. The quantitative estimate of drug-likeness (QED) is 0.332. The van der Waals surface area contributed by atoms with Crippen LogP contribution in [0.4, 0.5) is 0 Å². The largest absolute Gasteiger partial charge is 0.383 e. The number of hydrogen-bond acceptors (Lipinski definition) is 4. The van der Waals surface area contributed by atoms with Crippen LogP contribution in [0.5, 0.6) is 0 Å². The average molecular weight is 387 g/mol. The maximum absolute atomic E-state index is 5.10. The van der Waals surface area contributed by atoms with Crippen LogP contribution in [0.1, 0.15) is 18.9 Å². The molecule has 7 heteroatoms. The molecule has 2 aromatic rings. The summed E-state index contributed by atoms with van der Waals surface area (Å²) < 4.78 is 6.97. The van der Waals surface area contributed by atoms with Gasteiger partial charge < -0.3 is 20.3 Å². The van der Waals surface area contributed by atoms with Crippen molar-refractivity contribution in [3.63, 3.8) is 0 Å². The molecule has 1 aromatic heterocycles. The first-order chi connectivity index (χ1) is 13.7. The molecule has 0 saturated heterocycles. The first-order valence-electron chi connectivity index (χ1n) is 10.0. The van der Waals surface area contributed by atoms with Gasteiger partial charge >= 0.3 is 0 Å². The molecule has 2 N–H and O–H groups in total. The van der Waals surface area contributed by atoms with Gasteiger partial charge in [-0.05, 0) is 57.1 Å². The predicted molar refractivity (Wildman–Crippen MR) is 115 cm³/mol. The number of likely N-dealkylation sites (N-methyl/N-ethyl adjacent to an activating group) is 1. The number of ether oxygens (including phenoxy) is 1. The maximum Gasteiger partial charge on any atom is 0.191 e. The highest BCUT2D eigenvalue weighted by atomic mass is 16.5. The number of nitrogens with zero attached hydrogens (tertiary/aromatic N) is 4. The van der Waals surface area contributed by atoms with E-state index in [0.717, 1.165) is 63.8 Å². The summed E-state index contributed by atoms with van der Waals surface area (Å²) in [5.74, 6) is 0.884. The van der Waals surface area contributed by atoms with Crippen LogP contribution in [0.2, 0.25) is 0 Å². The highest BCUT2D eigenvalue weighted by Gasteiger charge is 2.01. The minimum atomic E-state index is 0.771. The van der Waals surface area contributed by atoms with Gasteiger partial charge in [-0.2, -0.15) is 5.10 Å². The van der Waals surface area contributed by atoms with E-state index in [1.807, 2.05) is 16.9 Å². The van der Waals surface area contributed by atoms with E-state index in [4.69, 9.17) is 4.74 Å². The Morgan fingerprint density at radius 3 is 2.71 bits per heavy atom. The molecule has 0 spiro atoms. The van der Waals surface area contributed by atoms with Crippen molar-refractivity contribution in [1.29, 1.82) is 0 Å². The molecule has 0 fully saturated rings. The minimum Gasteiger partial charge on any atom is -0.383 e. The predicted octanol–water partition coefficient (Wildman–Crippen LogP) is 1.94. The maximum atomic E-state index is 5.10. The third kappa shape index (κ3) is 8.10. The van der Waals surface area contributed by atoms with Crippen molar-refractivity contribution in [3.8, 4) is 5.69 Å². The number of hydrogen-bond donors (Lipinski definition) is 2. The molecule has 0 amide bonds. The molecule has 0 bridgehead atoms. The Balaban J connectivity index is 1.71. The van der Waals surface area contributed by atoms with Gasteiger partial charge in [0.15, 0.2) is 5.96 Å². The molecular formula is C21H34N6O. The van der Waals surface area contributed by atoms with Crippen LogP contribution in [0.3, 0.4) is 0 Å². The zero-order chi connectivity index (χ0) is 20.0. The fourth-order valence-electron chi connectivity index (χ4n) is 2.79. The molecule has 1 aromatic carbocycles. The third-order valence-corrected chi connectivity index (χ3v) is 4.40. The Hall–Kier alpha value is -2.38. The van der Waals surface area contributed by atoms with Gasteiger partial charge in [0, 0.05) is 45.7 Å². The molecule has 2 rings (SSSR count). The number of aliphatic imine (C=N–C) groups is 1. The van der Waals surface area contributed by atoms with Crippen molar-refractivity contribution in [2.45, 2.75) is 19.8 Å². The SMILES string of the molecule is CCNC(=NCCCN(C)CCOC)NCCc1ccc(-n2cccn2)cc1. The number of rotatable bonds is 12. The summed E-state index contributed by atoms with van der Waals surface area (Å²) in [7, 11) is 3.85. The van der Waals surface area contributed by atoms with E-state index < -0.39 is 0 Å². The van der Waals surface area contributed by atoms with Gasteiger partial charge in [-0.3, -0.25) is 4.99 Å². The second-order valence-corrected chi connectivity index (χ2v) is 6.70. The lowest BCUT2D eigenvalue weighted by molar-refractivity contribution is 0.161. The number of benzene rings is 1. The van der Waals surface area contributed by atoms with Crippen LogP contribution >= 0.6 is 0 Å². The summed E-state index contributed by atoms with van der Waals surface area (Å²) in [6.07, 6.45) is 5.72. The van der Waals surface area contributed by atoms with Gasteiger partial charge in [0.25, 0.3) is 0 Å². The number of methoxy groups -OCH3 is 1. The smallest absolute Gasteiger partial charge is 0.191 e. The van der Waals surface area contributed by atoms with E-state index in [-0.39, 0.29) is 0 Å². The Bertz CT molecular complexity index is 669. The summed E-state index contributed by atoms with van der Waals surface area (Å²) >= 11 is 0. The van der Waals surface area contributed by atoms with Gasteiger partial charge in [0.2, 0.25) is 0 Å². The highest BCUT2D eigenvalue weighted by Crippen LogP contribution is 2.08. The van der Waals surface area contributed by atoms with Gasteiger partial charge in [-0.1, -0.05) is 12.1 Å². The van der Waals surface area contributed by atoms with E-state index in [1.54, 1.807) is 13.3 Å². The Labute approximate surface area is 168 Å². The van der Waals surface area contributed by atoms with E-state index in [0.29, 0.717) is 0 Å². The summed E-state index contributed by atoms with van der Waals surface area (Å²) in [6.45, 7) is 7.35. The van der Waals surface area contributed by atoms with E-state index in [1.165, 1.54) is 5.56 Å². The topological polar surface area (TPSA) is 66.7 Å². The summed E-state index contributed by atoms with van der Waals surface area (Å²) in [4.78, 5) is 6.94. The minimum absolute atomic E-state index is 0.771. The van der Waals surface area contributed by atoms with Gasteiger partial charge in [-0.15, -0.1) is 0 Å². The van der Waals surface area contributed by atoms with Gasteiger partial charge in [-0.25, -0.2) is 4.68 Å². The summed E-state index contributed by atoms with van der Waals surface area (Å²) in [5, 5.41) is 11.0. The van der Waals surface area contributed by atoms with Crippen LogP contribution in [0.25, 0.3) is 5.69 Å². The van der Waals surface area contributed by atoms with Crippen molar-refractivity contribution < 1.29 is 4.74 Å². The normalized spacial score (nSPS) is 11.8. The molecule has 0 aliphatic heterocycles. The lowest BCUT2D eigenvalue weighted by atomic mass is 10.1. The molecule has 0 atom stereocenters. The fourth-order valence-corrected chi connectivity index (χ4v) is 2.79.